The molecule has 4 aliphatic heterocycles. The first-order valence-corrected chi connectivity index (χ1v) is 22.2. The lowest BCUT2D eigenvalue weighted by molar-refractivity contribution is 1.09. The molecule has 0 nitrogen and oxygen atoms in total. The van der Waals surface area contributed by atoms with Crippen LogP contribution >= 0.6 is 133 Å². The van der Waals surface area contributed by atoms with Gasteiger partial charge in [-0.2, -0.15) is 47.0 Å². The van der Waals surface area contributed by atoms with Crippen LogP contribution in [-0.4, -0.2) is 76.2 Å². The molecule has 4 fully saturated rings. The van der Waals surface area contributed by atoms with Crippen LogP contribution in [0, 0.1) is 0 Å². The van der Waals surface area contributed by atoms with Gasteiger partial charge in [-0.3, -0.25) is 0 Å². The number of hydrogen-bond donors (Lipinski definition) is 0. The Morgan fingerprint density at radius 2 is 0.654 bits per heavy atom. The van der Waals surface area contributed by atoms with E-state index >= 15 is 0 Å². The summed E-state index contributed by atoms with van der Waals surface area (Å²) in [5.41, 5.74) is 0. The summed E-state index contributed by atoms with van der Waals surface area (Å²) in [5.74, 6) is 11.0. The summed E-state index contributed by atoms with van der Waals surface area (Å²) >= 11 is 8.45. The molecule has 0 N–H and O–H groups in total. The second kappa shape index (κ2) is 13.0. The molecule has 26 heavy (non-hydrogen) atoms. The van der Waals surface area contributed by atoms with Gasteiger partial charge in [0, 0.05) is 67.0 Å². The van der Waals surface area contributed by atoms with E-state index in [4.69, 9.17) is 0 Å². The summed E-state index contributed by atoms with van der Waals surface area (Å²) in [6.07, 6.45) is 0. The van der Waals surface area contributed by atoms with Crippen molar-refractivity contribution in [3.8, 4) is 0 Å². The highest BCUT2D eigenvalue weighted by Gasteiger charge is 2.33. The van der Waals surface area contributed by atoms with Gasteiger partial charge in [-0.05, 0) is 0 Å². The van der Waals surface area contributed by atoms with Gasteiger partial charge < -0.3 is 0 Å². The second-order valence-corrected chi connectivity index (χ2v) is 21.9. The minimum Gasteiger partial charge on any atom is -0.160 e. The van der Waals surface area contributed by atoms with E-state index in [9.17, 15) is 0 Å². The summed E-state index contributed by atoms with van der Waals surface area (Å²) in [5, 5.41) is 3.61. The Morgan fingerprint density at radius 1 is 0.423 bits per heavy atom. The molecule has 4 heterocycles. The first-order chi connectivity index (χ1) is 12.9. The zero-order chi connectivity index (χ0) is 17.6. The molecule has 0 saturated carbocycles. The van der Waals surface area contributed by atoms with E-state index in [1.807, 2.05) is 0 Å². The van der Waals surface area contributed by atoms with Crippen molar-refractivity contribution in [2.75, 3.05) is 46.0 Å². The van der Waals surface area contributed by atoms with Crippen molar-refractivity contribution < 1.29 is 0 Å². The van der Waals surface area contributed by atoms with E-state index in [-0.39, 0.29) is 0 Å². The largest absolute Gasteiger partial charge is 0.160 e. The summed E-state index contributed by atoms with van der Waals surface area (Å²) in [4.78, 5) is 0. The summed E-state index contributed by atoms with van der Waals surface area (Å²) < 4.78 is 1.41. The quantitative estimate of drug-likeness (QED) is 0.157. The smallest absolute Gasteiger partial charge is 0.0936 e. The Bertz CT molecular complexity index is 335. The molecule has 0 unspecified atom stereocenters. The molecule has 0 aliphatic carbocycles. The van der Waals surface area contributed by atoms with Gasteiger partial charge >= 0.3 is 0 Å². The molecule has 0 radical (unpaired) electrons. The summed E-state index contributed by atoms with van der Waals surface area (Å²) in [6, 6.07) is 0. The van der Waals surface area contributed by atoms with Gasteiger partial charge in [-0.15, -0.1) is 0 Å². The molecule has 0 spiro atoms. The molecule has 0 aromatic heterocycles. The standard InChI is InChI=1S/C14H22S12/c1-9(2-15-1)19-23-13(24-20-10-3-16-4-10)14(25-21-11-5-17-6-11)26-22-12-7-18-8-12/h9-14H,1-8H2. The number of rotatable bonds is 13. The molecular weight excluding hydrogens is 553 g/mol. The fourth-order valence-electron chi connectivity index (χ4n) is 1.83. The summed E-state index contributed by atoms with van der Waals surface area (Å²) in [6.45, 7) is 0. The van der Waals surface area contributed by atoms with E-state index in [0.29, 0.717) is 9.16 Å². The van der Waals surface area contributed by atoms with Gasteiger partial charge in [0.1, 0.15) is 0 Å². The van der Waals surface area contributed by atoms with Crippen molar-refractivity contribution in [2.24, 2.45) is 0 Å². The molecule has 4 rings (SSSR count). The van der Waals surface area contributed by atoms with E-state index in [1.165, 1.54) is 46.0 Å². The van der Waals surface area contributed by atoms with E-state index < -0.39 is 0 Å². The van der Waals surface area contributed by atoms with Crippen LogP contribution in [0.3, 0.4) is 0 Å². The van der Waals surface area contributed by atoms with E-state index in [2.05, 4.69) is 133 Å². The maximum atomic E-state index is 2.20. The minimum atomic E-state index is 0.705. The summed E-state index contributed by atoms with van der Waals surface area (Å²) in [7, 11) is 17.6. The Kier molecular flexibility index (Phi) is 11.7. The number of thioether (sulfide) groups is 4. The van der Waals surface area contributed by atoms with Crippen molar-refractivity contribution in [1.82, 2.24) is 0 Å². The monoisotopic (exact) mass is 574 g/mol. The van der Waals surface area contributed by atoms with Crippen LogP contribution in [0.2, 0.25) is 0 Å². The zero-order valence-electron chi connectivity index (χ0n) is 14.0. The highest BCUT2D eigenvalue weighted by atomic mass is 33.1. The Morgan fingerprint density at radius 3 is 0.808 bits per heavy atom. The van der Waals surface area contributed by atoms with Crippen LogP contribution in [-0.2, 0) is 0 Å². The van der Waals surface area contributed by atoms with Crippen LogP contribution in [0.4, 0.5) is 0 Å². The van der Waals surface area contributed by atoms with Crippen LogP contribution < -0.4 is 0 Å². The second-order valence-electron chi connectivity index (χ2n) is 6.14. The Labute approximate surface area is 207 Å². The highest BCUT2D eigenvalue weighted by molar-refractivity contribution is 8.89. The molecule has 0 bridgehead atoms. The maximum Gasteiger partial charge on any atom is 0.0936 e. The van der Waals surface area contributed by atoms with Gasteiger partial charge in [0.2, 0.25) is 0 Å². The SMILES string of the molecule is C1SCC1SSC(SSC1CSC1)C(SSC1CSC1)SSC1CSC1. The lowest BCUT2D eigenvalue weighted by Crippen LogP contribution is -2.24. The lowest BCUT2D eigenvalue weighted by Gasteiger charge is -2.33. The van der Waals surface area contributed by atoms with Crippen molar-refractivity contribution in [3.63, 3.8) is 0 Å². The lowest BCUT2D eigenvalue weighted by atomic mass is 10.5. The Balaban J connectivity index is 1.29. The van der Waals surface area contributed by atoms with Gasteiger partial charge in [0.25, 0.3) is 0 Å². The van der Waals surface area contributed by atoms with Crippen LogP contribution in [0.25, 0.3) is 0 Å². The zero-order valence-corrected chi connectivity index (χ0v) is 23.8. The van der Waals surface area contributed by atoms with Crippen molar-refractivity contribution >= 4 is 133 Å². The van der Waals surface area contributed by atoms with Crippen LogP contribution in [0.1, 0.15) is 0 Å². The molecule has 0 aromatic carbocycles. The van der Waals surface area contributed by atoms with Gasteiger partial charge in [-0.25, -0.2) is 0 Å². The molecule has 4 saturated heterocycles. The first-order valence-electron chi connectivity index (χ1n) is 8.46. The van der Waals surface area contributed by atoms with Gasteiger partial charge in [-0.1, -0.05) is 86.4 Å². The molecule has 0 aromatic rings. The molecule has 0 amide bonds. The van der Waals surface area contributed by atoms with E-state index in [1.54, 1.807) is 0 Å². The molecule has 4 aliphatic rings. The predicted molar refractivity (Wildman–Crippen MR) is 153 cm³/mol. The topological polar surface area (TPSA) is 0 Å². The maximum absolute atomic E-state index is 2.20. The molecule has 150 valence electrons. The third-order valence-electron chi connectivity index (χ3n) is 3.80. The van der Waals surface area contributed by atoms with Crippen molar-refractivity contribution in [2.45, 2.75) is 30.2 Å². The first kappa shape index (κ1) is 23.4. The van der Waals surface area contributed by atoms with Crippen molar-refractivity contribution in [1.29, 1.82) is 0 Å². The predicted octanol–water partition coefficient (Wildman–Crippen LogP) is 7.63. The van der Waals surface area contributed by atoms with Gasteiger partial charge in [0.15, 0.2) is 0 Å². The van der Waals surface area contributed by atoms with Crippen molar-refractivity contribution in [3.05, 3.63) is 0 Å². The fraction of sp³-hybridized carbons (Fsp3) is 1.00. The average molecular weight is 575 g/mol. The fourth-order valence-corrected chi connectivity index (χ4v) is 24.8. The number of hydrogen-bond acceptors (Lipinski definition) is 12. The minimum absolute atomic E-state index is 0.705. The third-order valence-corrected chi connectivity index (χ3v) is 25.7. The van der Waals surface area contributed by atoms with Crippen LogP contribution in [0.5, 0.6) is 0 Å². The highest BCUT2D eigenvalue weighted by Crippen LogP contribution is 2.58. The third kappa shape index (κ3) is 7.66. The normalized spacial score (nSPS) is 25.2. The van der Waals surface area contributed by atoms with Crippen LogP contribution in [0.15, 0.2) is 0 Å². The molecular formula is C14H22S12. The van der Waals surface area contributed by atoms with Gasteiger partial charge in [0.05, 0.1) is 9.16 Å². The molecule has 0 atom stereocenters. The van der Waals surface area contributed by atoms with E-state index in [0.717, 1.165) is 21.0 Å². The average Bonchev–Trinajstić information content (AvgIpc) is 2.45. The molecule has 12 heteroatoms. The Hall–Kier alpha value is 4.20.